The number of aryl methyl sites for hydroxylation is 1. The Morgan fingerprint density at radius 2 is 1.85 bits per heavy atom. The number of sulfone groups is 1. The van der Waals surface area contributed by atoms with Crippen molar-refractivity contribution in [2.45, 2.75) is 25.2 Å². The highest BCUT2D eigenvalue weighted by Gasteiger charge is 2.23. The highest BCUT2D eigenvalue weighted by molar-refractivity contribution is 7.91. The number of esters is 1. The number of carbonyl (C=O) groups excluding carboxylic acids is 2. The first-order valence-electron chi connectivity index (χ1n) is 7.90. The molecule has 1 aromatic heterocycles. The monoisotopic (exact) mass is 406 g/mol. The zero-order valence-electron chi connectivity index (χ0n) is 15.0. The summed E-state index contributed by atoms with van der Waals surface area (Å²) in [4.78, 5) is 24.3. The van der Waals surface area contributed by atoms with Crippen LogP contribution in [0, 0.1) is 25.2 Å². The number of hydrogen-bond donors (Lipinski definition) is 1. The molecular weight excluding hydrogens is 388 g/mol. The van der Waals surface area contributed by atoms with Crippen LogP contribution in [0.15, 0.2) is 29.2 Å². The number of amides is 1. The minimum Gasteiger partial charge on any atom is -0.465 e. The third-order valence-electron chi connectivity index (χ3n) is 3.86. The van der Waals surface area contributed by atoms with Crippen LogP contribution < -0.4 is 5.32 Å². The van der Waals surface area contributed by atoms with E-state index >= 15 is 0 Å². The summed E-state index contributed by atoms with van der Waals surface area (Å²) in [6.07, 6.45) is -0.272. The number of rotatable bonds is 6. The number of thiophene rings is 1. The number of nitrogens with one attached hydrogen (secondary N) is 1. The average molecular weight is 406 g/mol. The Morgan fingerprint density at radius 1 is 1.22 bits per heavy atom. The molecule has 1 N–H and O–H groups in total. The van der Waals surface area contributed by atoms with Crippen LogP contribution >= 0.6 is 11.3 Å². The van der Waals surface area contributed by atoms with Gasteiger partial charge in [0.15, 0.2) is 9.84 Å². The van der Waals surface area contributed by atoms with Gasteiger partial charge in [0, 0.05) is 6.42 Å². The van der Waals surface area contributed by atoms with Crippen molar-refractivity contribution in [3.05, 3.63) is 45.8 Å². The van der Waals surface area contributed by atoms with Gasteiger partial charge in [0.1, 0.15) is 15.9 Å². The zero-order valence-corrected chi connectivity index (χ0v) is 16.7. The number of nitriles is 1. The maximum atomic E-state index is 12.3. The van der Waals surface area contributed by atoms with E-state index in [0.717, 1.165) is 16.9 Å². The van der Waals surface area contributed by atoms with Gasteiger partial charge >= 0.3 is 5.97 Å². The number of methoxy groups -OCH3 is 1. The van der Waals surface area contributed by atoms with Gasteiger partial charge in [-0.2, -0.15) is 5.26 Å². The second-order valence-electron chi connectivity index (χ2n) is 5.79. The Kier molecular flexibility index (Phi) is 6.36. The molecule has 27 heavy (non-hydrogen) atoms. The number of nitrogens with zero attached hydrogens (tertiary/aromatic N) is 1. The molecule has 0 radical (unpaired) electrons. The molecule has 0 saturated heterocycles. The van der Waals surface area contributed by atoms with Crippen LogP contribution in [0.2, 0.25) is 0 Å². The van der Waals surface area contributed by atoms with Crippen molar-refractivity contribution in [3.8, 4) is 6.07 Å². The highest BCUT2D eigenvalue weighted by Crippen LogP contribution is 2.33. The van der Waals surface area contributed by atoms with Crippen molar-refractivity contribution in [2.24, 2.45) is 0 Å². The minimum absolute atomic E-state index is 0.151. The second kappa shape index (κ2) is 8.33. The molecule has 1 heterocycles. The Labute approximate surface area is 161 Å². The van der Waals surface area contributed by atoms with Gasteiger partial charge in [-0.15, -0.1) is 11.3 Å². The second-order valence-corrected chi connectivity index (χ2v) is 8.92. The first kappa shape index (κ1) is 20.6. The fraction of sp³-hybridized carbons (Fsp3) is 0.278. The van der Waals surface area contributed by atoms with E-state index < -0.39 is 21.7 Å². The molecule has 2 rings (SSSR count). The summed E-state index contributed by atoms with van der Waals surface area (Å²) < 4.78 is 29.3. The SMILES string of the molecule is COC(=O)c1sc(NC(=O)CCS(=O)(=O)c2ccc(C)cc2)c(C#N)c1C. The smallest absolute Gasteiger partial charge is 0.348 e. The van der Waals surface area contributed by atoms with Gasteiger partial charge in [-0.1, -0.05) is 17.7 Å². The molecule has 0 aliphatic rings. The van der Waals surface area contributed by atoms with Crippen LogP contribution in [0.4, 0.5) is 5.00 Å². The van der Waals surface area contributed by atoms with Crippen molar-refractivity contribution < 1.29 is 22.7 Å². The molecule has 0 aliphatic heterocycles. The summed E-state index contributed by atoms with van der Waals surface area (Å²) in [6, 6.07) is 8.32. The van der Waals surface area contributed by atoms with Crippen molar-refractivity contribution in [1.82, 2.24) is 0 Å². The van der Waals surface area contributed by atoms with Gasteiger partial charge in [-0.05, 0) is 31.5 Å². The van der Waals surface area contributed by atoms with Crippen molar-refractivity contribution in [2.75, 3.05) is 18.2 Å². The summed E-state index contributed by atoms with van der Waals surface area (Å²) in [5, 5.41) is 12.0. The molecule has 9 heteroatoms. The molecule has 0 bridgehead atoms. The summed E-state index contributed by atoms with van der Waals surface area (Å²) in [5.74, 6) is -1.52. The zero-order chi connectivity index (χ0) is 20.2. The van der Waals surface area contributed by atoms with Gasteiger partial charge < -0.3 is 10.1 Å². The predicted octanol–water partition coefficient (Wildman–Crippen LogP) is 2.83. The lowest BCUT2D eigenvalue weighted by molar-refractivity contribution is -0.115. The van der Waals surface area contributed by atoms with Crippen LogP contribution in [0.5, 0.6) is 0 Å². The van der Waals surface area contributed by atoms with Crippen molar-refractivity contribution in [3.63, 3.8) is 0 Å². The molecule has 142 valence electrons. The minimum atomic E-state index is -3.60. The lowest BCUT2D eigenvalue weighted by Crippen LogP contribution is -2.17. The Balaban J connectivity index is 2.11. The first-order chi connectivity index (χ1) is 12.7. The molecule has 0 spiro atoms. The maximum Gasteiger partial charge on any atom is 0.348 e. The average Bonchev–Trinajstić information content (AvgIpc) is 2.95. The summed E-state index contributed by atoms with van der Waals surface area (Å²) >= 11 is 0.925. The van der Waals surface area contributed by atoms with E-state index in [1.807, 2.05) is 13.0 Å². The Bertz CT molecular complexity index is 1020. The van der Waals surface area contributed by atoms with E-state index in [1.165, 1.54) is 19.2 Å². The fourth-order valence-corrected chi connectivity index (χ4v) is 4.64. The molecule has 0 atom stereocenters. The molecule has 7 nitrogen and oxygen atoms in total. The lowest BCUT2D eigenvalue weighted by atomic mass is 10.2. The van der Waals surface area contributed by atoms with Crippen LogP contribution in [0.3, 0.4) is 0 Å². The Morgan fingerprint density at radius 3 is 2.41 bits per heavy atom. The molecule has 0 aliphatic carbocycles. The lowest BCUT2D eigenvalue weighted by Gasteiger charge is -2.06. The standard InChI is InChI=1S/C18H18N2O5S2/c1-11-4-6-13(7-5-11)27(23,24)9-8-15(21)20-17-14(10-19)12(2)16(26-17)18(22)25-3/h4-7H,8-9H2,1-3H3,(H,20,21). The third kappa shape index (κ3) is 4.72. The molecule has 0 saturated carbocycles. The molecule has 1 aromatic carbocycles. The Hall–Kier alpha value is -2.70. The van der Waals surface area contributed by atoms with Gasteiger partial charge in [-0.3, -0.25) is 4.79 Å². The summed E-state index contributed by atoms with van der Waals surface area (Å²) in [5.41, 5.74) is 1.51. The van der Waals surface area contributed by atoms with Crippen LogP contribution in [-0.2, 0) is 19.4 Å². The van der Waals surface area contributed by atoms with Gasteiger partial charge in [0.2, 0.25) is 5.91 Å². The normalized spacial score (nSPS) is 10.9. The number of anilines is 1. The number of carbonyl (C=O) groups is 2. The third-order valence-corrected chi connectivity index (χ3v) is 6.78. The van der Waals surface area contributed by atoms with E-state index in [2.05, 4.69) is 10.1 Å². The quantitative estimate of drug-likeness (QED) is 0.738. The molecule has 0 unspecified atom stereocenters. The number of ether oxygens (including phenoxy) is 1. The van der Waals surface area contributed by atoms with E-state index in [9.17, 15) is 23.3 Å². The van der Waals surface area contributed by atoms with E-state index in [4.69, 9.17) is 0 Å². The number of benzene rings is 1. The largest absolute Gasteiger partial charge is 0.465 e. The van der Waals surface area contributed by atoms with Crippen LogP contribution in [0.25, 0.3) is 0 Å². The van der Waals surface area contributed by atoms with Crippen LogP contribution in [0.1, 0.15) is 32.8 Å². The van der Waals surface area contributed by atoms with E-state index in [1.54, 1.807) is 19.1 Å². The summed E-state index contributed by atoms with van der Waals surface area (Å²) in [6.45, 7) is 3.43. The van der Waals surface area contributed by atoms with Crippen molar-refractivity contribution in [1.29, 1.82) is 5.26 Å². The molecular formula is C18H18N2O5S2. The topological polar surface area (TPSA) is 113 Å². The molecule has 2 aromatic rings. The van der Waals surface area contributed by atoms with Gasteiger partial charge in [0.25, 0.3) is 0 Å². The highest BCUT2D eigenvalue weighted by atomic mass is 32.2. The number of hydrogen-bond acceptors (Lipinski definition) is 7. The van der Waals surface area contributed by atoms with Gasteiger partial charge in [0.05, 0.1) is 23.3 Å². The molecule has 1 amide bonds. The first-order valence-corrected chi connectivity index (χ1v) is 10.4. The summed E-state index contributed by atoms with van der Waals surface area (Å²) in [7, 11) is -2.37. The maximum absolute atomic E-state index is 12.3. The van der Waals surface area contributed by atoms with Crippen LogP contribution in [-0.4, -0.2) is 33.2 Å². The molecule has 0 fully saturated rings. The van der Waals surface area contributed by atoms with E-state index in [-0.39, 0.29) is 32.5 Å². The van der Waals surface area contributed by atoms with Gasteiger partial charge in [-0.25, -0.2) is 13.2 Å². The van der Waals surface area contributed by atoms with Crippen molar-refractivity contribution >= 4 is 38.1 Å². The predicted molar refractivity (Wildman–Crippen MR) is 102 cm³/mol. The fourth-order valence-electron chi connectivity index (χ4n) is 2.30. The van der Waals surface area contributed by atoms with E-state index in [0.29, 0.717) is 5.56 Å².